The molecule has 2 aliphatic carbocycles. The van der Waals surface area contributed by atoms with E-state index in [-0.39, 0.29) is 5.41 Å². The third kappa shape index (κ3) is 4.67. The monoisotopic (exact) mass is 715 g/mol. The van der Waals surface area contributed by atoms with E-state index in [1.54, 1.807) is 0 Å². The van der Waals surface area contributed by atoms with Gasteiger partial charge >= 0.3 is 0 Å². The van der Waals surface area contributed by atoms with Crippen LogP contribution >= 0.6 is 0 Å². The fourth-order valence-electron chi connectivity index (χ4n) is 9.63. The van der Waals surface area contributed by atoms with Crippen LogP contribution in [0.15, 0.2) is 188 Å². The summed E-state index contributed by atoms with van der Waals surface area (Å²) in [5.41, 5.74) is 15.1. The normalized spacial score (nSPS) is 14.2. The van der Waals surface area contributed by atoms with Crippen LogP contribution in [0, 0.1) is 0 Å². The molecule has 0 atom stereocenters. The largest absolute Gasteiger partial charge is 0.208 e. The van der Waals surface area contributed by atoms with Gasteiger partial charge in [0.2, 0.25) is 0 Å². The second-order valence-electron chi connectivity index (χ2n) is 15.5. The van der Waals surface area contributed by atoms with E-state index in [0.29, 0.717) is 17.5 Å². The zero-order chi connectivity index (χ0) is 37.4. The van der Waals surface area contributed by atoms with Crippen molar-refractivity contribution < 1.29 is 0 Å². The number of benzene rings is 8. The van der Waals surface area contributed by atoms with E-state index in [9.17, 15) is 0 Å². The predicted molar refractivity (Wildman–Crippen MR) is 229 cm³/mol. The Morgan fingerprint density at radius 2 is 0.786 bits per heavy atom. The van der Waals surface area contributed by atoms with Crippen molar-refractivity contribution >= 4 is 10.8 Å². The van der Waals surface area contributed by atoms with Crippen LogP contribution < -0.4 is 0 Å². The zero-order valence-electron chi connectivity index (χ0n) is 31.2. The van der Waals surface area contributed by atoms with Gasteiger partial charge in [-0.1, -0.05) is 196 Å². The van der Waals surface area contributed by atoms with Crippen molar-refractivity contribution in [3.05, 3.63) is 221 Å². The van der Waals surface area contributed by atoms with Crippen molar-refractivity contribution in [2.45, 2.75) is 24.7 Å². The van der Waals surface area contributed by atoms with E-state index in [2.05, 4.69) is 184 Å². The van der Waals surface area contributed by atoms with Crippen LogP contribution in [0.2, 0.25) is 0 Å². The third-order valence-electron chi connectivity index (χ3n) is 12.2. The lowest BCUT2D eigenvalue weighted by atomic mass is 9.55. The zero-order valence-corrected chi connectivity index (χ0v) is 31.2. The summed E-state index contributed by atoms with van der Waals surface area (Å²) in [7, 11) is 0. The molecule has 3 nitrogen and oxygen atoms in total. The molecule has 0 saturated heterocycles. The Kier molecular flexibility index (Phi) is 7.11. The number of rotatable bonds is 4. The number of aromatic nitrogens is 3. The number of nitrogens with zero attached hydrogens (tertiary/aromatic N) is 3. The van der Waals surface area contributed by atoms with Gasteiger partial charge in [0.05, 0.1) is 5.41 Å². The summed E-state index contributed by atoms with van der Waals surface area (Å²) >= 11 is 0. The Hall–Kier alpha value is -6.97. The summed E-state index contributed by atoms with van der Waals surface area (Å²) in [6.45, 7) is 4.73. The van der Waals surface area contributed by atoms with Crippen LogP contribution in [0.4, 0.5) is 0 Å². The molecule has 11 rings (SSSR count). The Morgan fingerprint density at radius 3 is 1.48 bits per heavy atom. The van der Waals surface area contributed by atoms with Gasteiger partial charge in [-0.25, -0.2) is 15.0 Å². The molecule has 1 aromatic heterocycles. The maximum atomic E-state index is 5.21. The van der Waals surface area contributed by atoms with Crippen LogP contribution in [0.1, 0.15) is 47.2 Å². The van der Waals surface area contributed by atoms with Crippen LogP contribution in [0.25, 0.3) is 67.2 Å². The fraction of sp³-hybridized carbons (Fsp3) is 0.0755. The van der Waals surface area contributed by atoms with E-state index in [1.165, 1.54) is 60.8 Å². The van der Waals surface area contributed by atoms with Crippen molar-refractivity contribution in [3.8, 4) is 56.4 Å². The van der Waals surface area contributed by atoms with Crippen molar-refractivity contribution in [1.82, 2.24) is 15.0 Å². The summed E-state index contributed by atoms with van der Waals surface area (Å²) < 4.78 is 0. The van der Waals surface area contributed by atoms with Crippen LogP contribution in [-0.4, -0.2) is 15.0 Å². The van der Waals surface area contributed by atoms with Gasteiger partial charge in [0.1, 0.15) is 0 Å². The number of fused-ring (bicyclic) bond motifs is 10. The summed E-state index contributed by atoms with van der Waals surface area (Å²) in [5, 5.41) is 2.47. The number of hydrogen-bond acceptors (Lipinski definition) is 3. The minimum Gasteiger partial charge on any atom is -0.208 e. The van der Waals surface area contributed by atoms with Crippen molar-refractivity contribution in [2.75, 3.05) is 0 Å². The Morgan fingerprint density at radius 1 is 0.321 bits per heavy atom. The molecule has 0 radical (unpaired) electrons. The van der Waals surface area contributed by atoms with Gasteiger partial charge in [-0.3, -0.25) is 0 Å². The third-order valence-corrected chi connectivity index (χ3v) is 12.2. The van der Waals surface area contributed by atoms with E-state index in [0.717, 1.165) is 22.3 Å². The Bertz CT molecular complexity index is 2940. The minimum atomic E-state index is -0.446. The average Bonchev–Trinajstić information content (AvgIpc) is 3.56. The molecule has 56 heavy (non-hydrogen) atoms. The van der Waals surface area contributed by atoms with E-state index < -0.39 is 5.41 Å². The lowest BCUT2D eigenvalue weighted by molar-refractivity contribution is 0.563. The van der Waals surface area contributed by atoms with E-state index in [4.69, 9.17) is 15.0 Å². The van der Waals surface area contributed by atoms with Crippen LogP contribution in [0.5, 0.6) is 0 Å². The van der Waals surface area contributed by atoms with Gasteiger partial charge in [0, 0.05) is 22.1 Å². The molecule has 0 amide bonds. The van der Waals surface area contributed by atoms with E-state index >= 15 is 0 Å². The second kappa shape index (κ2) is 12.3. The highest BCUT2D eigenvalue weighted by molar-refractivity contribution is 5.97. The van der Waals surface area contributed by atoms with Gasteiger partial charge in [0.15, 0.2) is 17.5 Å². The molecule has 0 bridgehead atoms. The molecule has 8 aromatic carbocycles. The maximum absolute atomic E-state index is 5.21. The summed E-state index contributed by atoms with van der Waals surface area (Å²) in [5.74, 6) is 1.95. The molecular formula is C53H37N3. The predicted octanol–water partition coefficient (Wildman–Crippen LogP) is 12.7. The Labute approximate surface area is 327 Å². The highest BCUT2D eigenvalue weighted by atomic mass is 15.0. The molecule has 2 aliphatic rings. The van der Waals surface area contributed by atoms with Gasteiger partial charge < -0.3 is 0 Å². The molecule has 3 heteroatoms. The summed E-state index contributed by atoms with van der Waals surface area (Å²) in [4.78, 5) is 15.4. The fourth-order valence-corrected chi connectivity index (χ4v) is 9.63. The minimum absolute atomic E-state index is 0.141. The first kappa shape index (κ1) is 32.5. The summed E-state index contributed by atoms with van der Waals surface area (Å²) in [6, 6.07) is 67.8. The first-order valence-corrected chi connectivity index (χ1v) is 19.4. The number of hydrogen-bond donors (Lipinski definition) is 0. The highest BCUT2D eigenvalue weighted by Crippen LogP contribution is 2.62. The molecule has 0 aliphatic heterocycles. The molecule has 0 fully saturated rings. The van der Waals surface area contributed by atoms with E-state index in [1.807, 2.05) is 18.2 Å². The molecule has 264 valence electrons. The van der Waals surface area contributed by atoms with Crippen molar-refractivity contribution in [2.24, 2.45) is 0 Å². The van der Waals surface area contributed by atoms with Gasteiger partial charge in [0.25, 0.3) is 0 Å². The summed E-state index contributed by atoms with van der Waals surface area (Å²) in [6.07, 6.45) is 0. The van der Waals surface area contributed by atoms with Crippen molar-refractivity contribution in [1.29, 1.82) is 0 Å². The molecule has 0 saturated carbocycles. The quantitative estimate of drug-likeness (QED) is 0.182. The van der Waals surface area contributed by atoms with Gasteiger partial charge in [-0.15, -0.1) is 0 Å². The van der Waals surface area contributed by atoms with Gasteiger partial charge in [-0.05, 0) is 72.5 Å². The molecule has 1 heterocycles. The van der Waals surface area contributed by atoms with Crippen LogP contribution in [-0.2, 0) is 10.8 Å². The Balaban J connectivity index is 1.09. The molecule has 0 N–H and O–H groups in total. The lowest BCUT2D eigenvalue weighted by Crippen LogP contribution is -2.40. The van der Waals surface area contributed by atoms with Crippen molar-refractivity contribution in [3.63, 3.8) is 0 Å². The first-order chi connectivity index (χ1) is 27.5. The van der Waals surface area contributed by atoms with Gasteiger partial charge in [-0.2, -0.15) is 0 Å². The molecular weight excluding hydrogens is 679 g/mol. The van der Waals surface area contributed by atoms with Crippen LogP contribution in [0.3, 0.4) is 0 Å². The lowest BCUT2D eigenvalue weighted by Gasteiger charge is -2.46. The average molecular weight is 716 g/mol. The maximum Gasteiger partial charge on any atom is 0.164 e. The smallest absolute Gasteiger partial charge is 0.164 e. The molecule has 0 unspecified atom stereocenters. The standard InChI is InChI=1S/C53H37N3/c1-52(2)45-23-10-12-25-47(45)53(48-26-13-11-24-46(48)52)43-22-9-8-20-41(43)42-33-38(31-32-44(42)53)51-55-49(36-16-4-3-5-17-36)54-50(56-51)37-29-27-35(28-30-37)40-21-14-18-34-15-6-7-19-39(34)40/h3-33H,1-2H3. The molecule has 1 spiro atoms. The highest BCUT2D eigenvalue weighted by Gasteiger charge is 2.53. The molecule has 9 aromatic rings. The SMILES string of the molecule is CC1(C)c2ccccc2C2(c3ccccc3-c3cc(-c4nc(-c5ccccc5)nc(-c5ccc(-c6cccc7ccccc67)cc5)n4)ccc32)c2ccccc21. The second-order valence-corrected chi connectivity index (χ2v) is 15.5. The first-order valence-electron chi connectivity index (χ1n) is 19.4. The topological polar surface area (TPSA) is 38.7 Å².